The first-order chi connectivity index (χ1) is 35.8. The fraction of sp³-hybridized carbons (Fsp3) is 0.729. The summed E-state index contributed by atoms with van der Waals surface area (Å²) in [5.41, 5.74) is -8.01. The van der Waals surface area contributed by atoms with Crippen LogP contribution in [-0.2, 0) is 57.3 Å². The molecular weight excluding hydrogens is 984 g/mol. The highest BCUT2D eigenvalue weighted by molar-refractivity contribution is 6.02. The van der Waals surface area contributed by atoms with Crippen LogP contribution in [0.25, 0.3) is 0 Å². The van der Waals surface area contributed by atoms with Gasteiger partial charge in [-0.1, -0.05) is 51.0 Å². The van der Waals surface area contributed by atoms with Crippen LogP contribution in [0.15, 0.2) is 47.6 Å². The summed E-state index contributed by atoms with van der Waals surface area (Å²) in [6.45, 7) is 7.99. The third kappa shape index (κ3) is 9.83. The zero-order chi connectivity index (χ0) is 55.2. The molecule has 8 aliphatic rings. The SMILES string of the molecule is CC1CC2C3CCC4=CC(=O)C=CC4(C)C3(F)C(O)CC2(C)C1(O)C(=O)COC(=O)CCCCCOC(=O)CCCCCOC(=O)CCC(=O)OCC(=O)C1(O)CCC2C3CCC4=CC(=O)C=CC4(C)C3C(O)CC21C. The van der Waals surface area contributed by atoms with Gasteiger partial charge in [-0.05, 0) is 151 Å². The van der Waals surface area contributed by atoms with Crippen LogP contribution in [0.1, 0.15) is 157 Å². The molecule has 15 unspecified atom stereocenters. The number of unbranched alkanes of at least 4 members (excludes halogenated alkanes) is 4. The number of carbonyl (C=O) groups excluding carboxylic acids is 8. The molecular formula is C59H79FO16. The number of aliphatic hydroxyl groups is 4. The molecule has 0 aromatic rings. The Morgan fingerprint density at radius 2 is 1.18 bits per heavy atom. The van der Waals surface area contributed by atoms with Crippen molar-refractivity contribution in [2.24, 2.45) is 57.2 Å². The predicted molar refractivity (Wildman–Crippen MR) is 271 cm³/mol. The van der Waals surface area contributed by atoms with E-state index in [1.807, 2.05) is 13.0 Å². The van der Waals surface area contributed by atoms with Crippen molar-refractivity contribution >= 4 is 47.0 Å². The van der Waals surface area contributed by atoms with Gasteiger partial charge in [0.05, 0.1) is 38.3 Å². The van der Waals surface area contributed by atoms with Crippen LogP contribution in [0.3, 0.4) is 0 Å². The summed E-state index contributed by atoms with van der Waals surface area (Å²) in [6, 6.07) is 0. The number of ether oxygens (including phenoxy) is 4. The fourth-order valence-corrected chi connectivity index (χ4v) is 16.4. The van der Waals surface area contributed by atoms with Gasteiger partial charge in [0.15, 0.2) is 30.4 Å². The predicted octanol–water partition coefficient (Wildman–Crippen LogP) is 6.56. The van der Waals surface area contributed by atoms with E-state index in [0.29, 0.717) is 76.2 Å². The number of hydrogen-bond acceptors (Lipinski definition) is 16. The summed E-state index contributed by atoms with van der Waals surface area (Å²) < 4.78 is 38.6. The number of allylic oxidation sites excluding steroid dienone is 8. The Hall–Kier alpha value is -4.71. The minimum absolute atomic E-state index is 0.00414. The summed E-state index contributed by atoms with van der Waals surface area (Å²) in [5.74, 6) is -5.89. The standard InChI is InChI=1S/C59H79FO16/c1-35-28-43-42-17-15-37-30-39(62)21-24-54(37,3)58(42,60)45(64)32-56(43,5)59(35,72)47(66)34-76-49(68)13-9-7-10-26-73-48(67)12-8-6-11-27-74-50(69)18-19-51(70)75-33-46(65)57(71)25-22-41-40-16-14-36-29-38(61)20-23-53(36,2)52(40)44(63)31-55(41,57)4/h20-21,23-24,29-30,35,40-45,52,63-64,71-72H,6-19,22,25-28,31-34H2,1-5H3. The van der Waals surface area contributed by atoms with E-state index in [1.54, 1.807) is 39.0 Å². The average molecular weight is 1060 g/mol. The van der Waals surface area contributed by atoms with Crippen LogP contribution in [0.5, 0.6) is 0 Å². The van der Waals surface area contributed by atoms with Crippen molar-refractivity contribution in [1.82, 2.24) is 0 Å². The second-order valence-corrected chi connectivity index (χ2v) is 24.5. The van der Waals surface area contributed by atoms with Crippen LogP contribution in [0.4, 0.5) is 4.39 Å². The largest absolute Gasteiger partial charge is 0.466 e. The molecule has 6 saturated carbocycles. The topological polar surface area (TPSA) is 254 Å². The van der Waals surface area contributed by atoms with Crippen molar-refractivity contribution in [3.05, 3.63) is 47.6 Å². The lowest BCUT2D eigenvalue weighted by atomic mass is 9.44. The minimum Gasteiger partial charge on any atom is -0.466 e. The smallest absolute Gasteiger partial charge is 0.306 e. The molecule has 0 aromatic heterocycles. The molecule has 8 rings (SSSR count). The van der Waals surface area contributed by atoms with E-state index >= 15 is 4.39 Å². The van der Waals surface area contributed by atoms with Crippen LogP contribution in [-0.4, -0.2) is 123 Å². The number of halogens is 1. The molecule has 16 nitrogen and oxygen atoms in total. The molecule has 4 N–H and O–H groups in total. The Labute approximate surface area is 444 Å². The van der Waals surface area contributed by atoms with E-state index in [4.69, 9.17) is 18.9 Å². The minimum atomic E-state index is -2.10. The first kappa shape index (κ1) is 57.5. The van der Waals surface area contributed by atoms with Crippen molar-refractivity contribution in [2.75, 3.05) is 26.4 Å². The lowest BCUT2D eigenvalue weighted by Gasteiger charge is -2.62. The van der Waals surface area contributed by atoms with Crippen molar-refractivity contribution in [2.45, 2.75) is 186 Å². The van der Waals surface area contributed by atoms with Gasteiger partial charge in [-0.15, -0.1) is 0 Å². The molecule has 0 bridgehead atoms. The number of esters is 4. The van der Waals surface area contributed by atoms with Gasteiger partial charge < -0.3 is 39.4 Å². The number of fused-ring (bicyclic) bond motifs is 10. The Bertz CT molecular complexity index is 2480. The third-order valence-corrected chi connectivity index (χ3v) is 20.6. The average Bonchev–Trinajstić information content (AvgIpc) is 3.78. The molecule has 0 saturated heterocycles. The van der Waals surface area contributed by atoms with Crippen molar-refractivity contribution in [1.29, 1.82) is 0 Å². The maximum atomic E-state index is 17.5. The number of aliphatic hydroxyl groups excluding tert-OH is 2. The number of Topliss-reactive ketones (excluding diaryl/α,β-unsaturated/α-hetero) is 2. The zero-order valence-electron chi connectivity index (χ0n) is 44.9. The summed E-state index contributed by atoms with van der Waals surface area (Å²) in [7, 11) is 0. The summed E-state index contributed by atoms with van der Waals surface area (Å²) in [5, 5.41) is 47.2. The molecule has 0 amide bonds. The van der Waals surface area contributed by atoms with Crippen LogP contribution in [0, 0.1) is 57.2 Å². The molecule has 8 aliphatic carbocycles. The second-order valence-electron chi connectivity index (χ2n) is 24.5. The Balaban J connectivity index is 0.650. The Morgan fingerprint density at radius 3 is 1.83 bits per heavy atom. The maximum absolute atomic E-state index is 17.5. The Morgan fingerprint density at radius 1 is 0.632 bits per heavy atom. The quantitative estimate of drug-likeness (QED) is 0.0540. The van der Waals surface area contributed by atoms with Gasteiger partial charge in [0.25, 0.3) is 0 Å². The van der Waals surface area contributed by atoms with Crippen LogP contribution >= 0.6 is 0 Å². The van der Waals surface area contributed by atoms with E-state index in [1.165, 1.54) is 12.2 Å². The van der Waals surface area contributed by atoms with Crippen LogP contribution < -0.4 is 0 Å². The maximum Gasteiger partial charge on any atom is 0.306 e. The van der Waals surface area contributed by atoms with Gasteiger partial charge in [0, 0.05) is 46.3 Å². The molecule has 15 atom stereocenters. The van der Waals surface area contributed by atoms with Gasteiger partial charge in [0.1, 0.15) is 11.2 Å². The summed E-state index contributed by atoms with van der Waals surface area (Å²) in [6.07, 6.45) is 13.1. The number of alkyl halides is 1. The van der Waals surface area contributed by atoms with E-state index in [-0.39, 0.29) is 87.5 Å². The lowest BCUT2D eigenvalue weighted by Crippen LogP contribution is -2.69. The fourth-order valence-electron chi connectivity index (χ4n) is 16.4. The highest BCUT2D eigenvalue weighted by Gasteiger charge is 2.76. The Kier molecular flexibility index (Phi) is 16.5. The highest BCUT2D eigenvalue weighted by atomic mass is 19.1. The third-order valence-electron chi connectivity index (χ3n) is 20.6. The van der Waals surface area contributed by atoms with Gasteiger partial charge in [-0.25, -0.2) is 4.39 Å². The van der Waals surface area contributed by atoms with E-state index in [0.717, 1.165) is 12.0 Å². The van der Waals surface area contributed by atoms with Gasteiger partial charge in [-0.3, -0.25) is 38.4 Å². The van der Waals surface area contributed by atoms with Crippen molar-refractivity contribution in [3.8, 4) is 0 Å². The van der Waals surface area contributed by atoms with Crippen molar-refractivity contribution < 1.29 is 82.1 Å². The zero-order valence-corrected chi connectivity index (χ0v) is 44.9. The normalized spacial score (nSPS) is 39.7. The van der Waals surface area contributed by atoms with E-state index in [9.17, 15) is 58.8 Å². The molecule has 0 heterocycles. The summed E-state index contributed by atoms with van der Waals surface area (Å²) >= 11 is 0. The monoisotopic (exact) mass is 1060 g/mol. The van der Waals surface area contributed by atoms with E-state index in [2.05, 4.69) is 6.92 Å². The lowest BCUT2D eigenvalue weighted by molar-refractivity contribution is -0.220. The molecule has 418 valence electrons. The molecule has 76 heavy (non-hydrogen) atoms. The highest BCUT2D eigenvalue weighted by Crippen LogP contribution is 2.71. The number of ketones is 4. The number of carbonyl (C=O) groups is 8. The molecule has 17 heteroatoms. The van der Waals surface area contributed by atoms with Gasteiger partial charge in [0.2, 0.25) is 11.6 Å². The molecule has 0 aromatic carbocycles. The van der Waals surface area contributed by atoms with Gasteiger partial charge >= 0.3 is 23.9 Å². The molecule has 0 radical (unpaired) electrons. The van der Waals surface area contributed by atoms with Gasteiger partial charge in [-0.2, -0.15) is 0 Å². The van der Waals surface area contributed by atoms with E-state index < -0.39 is 117 Å². The molecule has 0 aliphatic heterocycles. The molecule has 6 fully saturated rings. The first-order valence-corrected chi connectivity index (χ1v) is 27.9. The number of hydrogen-bond donors (Lipinski definition) is 4. The van der Waals surface area contributed by atoms with Crippen LogP contribution in [0.2, 0.25) is 0 Å². The molecule has 0 spiro atoms. The summed E-state index contributed by atoms with van der Waals surface area (Å²) in [4.78, 5) is 102. The number of rotatable bonds is 21. The first-order valence-electron chi connectivity index (χ1n) is 27.9. The second kappa shape index (κ2) is 21.8. The van der Waals surface area contributed by atoms with Crippen molar-refractivity contribution in [3.63, 3.8) is 0 Å².